The van der Waals surface area contributed by atoms with Crippen molar-refractivity contribution in [2.24, 2.45) is 0 Å². The van der Waals surface area contributed by atoms with Crippen molar-refractivity contribution in [2.75, 3.05) is 23.7 Å². The van der Waals surface area contributed by atoms with Gasteiger partial charge in [0.1, 0.15) is 5.82 Å². The van der Waals surface area contributed by atoms with E-state index in [0.717, 1.165) is 48.8 Å². The maximum atomic E-state index is 12.6. The minimum Gasteiger partial charge on any atom is -0.353 e. The Hall–Kier alpha value is -2.28. The summed E-state index contributed by atoms with van der Waals surface area (Å²) in [7, 11) is -0.785. The van der Waals surface area contributed by atoms with Gasteiger partial charge in [-0.2, -0.15) is 4.52 Å². The molecule has 0 N–H and O–H groups in total. The van der Waals surface area contributed by atoms with Crippen LogP contribution in [0.25, 0.3) is 17.0 Å². The van der Waals surface area contributed by atoms with Gasteiger partial charge < -0.3 is 4.90 Å². The Morgan fingerprint density at radius 1 is 1.08 bits per heavy atom. The Labute approximate surface area is 155 Å². The highest BCUT2D eigenvalue weighted by Crippen LogP contribution is 2.31. The molecule has 0 aliphatic carbocycles. The van der Waals surface area contributed by atoms with E-state index in [2.05, 4.69) is 28.9 Å². The van der Waals surface area contributed by atoms with Crippen LogP contribution >= 0.6 is 0 Å². The second-order valence-electron chi connectivity index (χ2n) is 6.71. The molecule has 0 amide bonds. The first-order valence-electron chi connectivity index (χ1n) is 9.08. The van der Waals surface area contributed by atoms with Crippen LogP contribution in [0.1, 0.15) is 26.7 Å². The summed E-state index contributed by atoms with van der Waals surface area (Å²) in [4.78, 5) is 2.25. The minimum absolute atomic E-state index is 0.148. The molecule has 1 saturated heterocycles. The zero-order valence-electron chi connectivity index (χ0n) is 15.1. The molecule has 1 fully saturated rings. The van der Waals surface area contributed by atoms with Gasteiger partial charge in [0.25, 0.3) is 0 Å². The van der Waals surface area contributed by atoms with Crippen molar-refractivity contribution < 1.29 is 4.21 Å². The van der Waals surface area contributed by atoms with Crippen LogP contribution in [0.5, 0.6) is 0 Å². The third kappa shape index (κ3) is 2.80. The Morgan fingerprint density at radius 3 is 2.58 bits per heavy atom. The van der Waals surface area contributed by atoms with Gasteiger partial charge in [0, 0.05) is 35.2 Å². The van der Waals surface area contributed by atoms with Crippen LogP contribution in [0.2, 0.25) is 0 Å². The van der Waals surface area contributed by atoms with Gasteiger partial charge in [-0.3, -0.25) is 4.21 Å². The smallest absolute Gasteiger partial charge is 0.185 e. The largest absolute Gasteiger partial charge is 0.353 e. The number of aromatic nitrogens is 4. The third-order valence-electron chi connectivity index (χ3n) is 5.40. The molecule has 1 atom stereocenters. The van der Waals surface area contributed by atoms with Crippen LogP contribution in [0.4, 0.5) is 5.82 Å². The molecule has 0 bridgehead atoms. The number of fused-ring (bicyclic) bond motifs is 1. The van der Waals surface area contributed by atoms with Crippen molar-refractivity contribution in [2.45, 2.75) is 31.4 Å². The van der Waals surface area contributed by atoms with E-state index in [0.29, 0.717) is 5.75 Å². The van der Waals surface area contributed by atoms with Crippen LogP contribution in [0.3, 0.4) is 0 Å². The number of anilines is 1. The average Bonchev–Trinajstić information content (AvgIpc) is 3.12. The standard InChI is InChI=1S/C19H23N5OS/c1-3-19(4-2)14-23(12-13-26(19)25)17-11-10-16-20-21-18(24(16)22-17)15-8-6-5-7-9-15/h5-11H,3-4,12-14H2,1-2H3. The molecular formula is C19H23N5OS. The topological polar surface area (TPSA) is 63.4 Å². The van der Waals surface area contributed by atoms with Gasteiger partial charge in [-0.1, -0.05) is 44.2 Å². The Kier molecular flexibility index (Phi) is 4.48. The fraction of sp³-hybridized carbons (Fsp3) is 0.421. The summed E-state index contributed by atoms with van der Waals surface area (Å²) in [6.45, 7) is 5.80. The fourth-order valence-corrected chi connectivity index (χ4v) is 5.38. The SMILES string of the molecule is CCC1(CC)CN(c2ccc3nnc(-c4ccccc4)n3n2)CCS1=O. The van der Waals surface area contributed by atoms with E-state index >= 15 is 0 Å². The van der Waals surface area contributed by atoms with Crippen LogP contribution in [-0.4, -0.2) is 47.6 Å². The summed E-state index contributed by atoms with van der Waals surface area (Å²) < 4.78 is 14.3. The molecular weight excluding hydrogens is 346 g/mol. The molecule has 3 heterocycles. The summed E-state index contributed by atoms with van der Waals surface area (Å²) in [6, 6.07) is 13.9. The lowest BCUT2D eigenvalue weighted by atomic mass is 10.0. The molecule has 7 heteroatoms. The molecule has 1 unspecified atom stereocenters. The Balaban J connectivity index is 1.73. The highest BCUT2D eigenvalue weighted by Gasteiger charge is 2.39. The zero-order chi connectivity index (χ0) is 18.1. The normalized spacial score (nSPS) is 19.8. The van der Waals surface area contributed by atoms with Crippen LogP contribution in [0, 0.1) is 0 Å². The monoisotopic (exact) mass is 369 g/mol. The van der Waals surface area contributed by atoms with Gasteiger partial charge >= 0.3 is 0 Å². The van der Waals surface area contributed by atoms with Gasteiger partial charge in [-0.05, 0) is 25.0 Å². The number of rotatable bonds is 4. The molecule has 0 spiro atoms. The van der Waals surface area contributed by atoms with Gasteiger partial charge in [0.05, 0.1) is 4.75 Å². The summed E-state index contributed by atoms with van der Waals surface area (Å²) in [5, 5.41) is 13.4. The third-order valence-corrected chi connectivity index (χ3v) is 7.63. The van der Waals surface area contributed by atoms with Crippen molar-refractivity contribution in [1.29, 1.82) is 0 Å². The Morgan fingerprint density at radius 2 is 1.85 bits per heavy atom. The summed E-state index contributed by atoms with van der Waals surface area (Å²) in [5.41, 5.74) is 1.71. The number of nitrogens with zero attached hydrogens (tertiary/aromatic N) is 5. The quantitative estimate of drug-likeness (QED) is 0.707. The van der Waals surface area contributed by atoms with Crippen molar-refractivity contribution in [3.05, 3.63) is 42.5 Å². The highest BCUT2D eigenvalue weighted by molar-refractivity contribution is 7.86. The lowest BCUT2D eigenvalue weighted by Crippen LogP contribution is -2.53. The van der Waals surface area contributed by atoms with E-state index in [1.54, 1.807) is 4.52 Å². The molecule has 2 aromatic heterocycles. The van der Waals surface area contributed by atoms with E-state index in [-0.39, 0.29) is 4.75 Å². The van der Waals surface area contributed by atoms with Gasteiger partial charge in [-0.25, -0.2) is 0 Å². The van der Waals surface area contributed by atoms with E-state index < -0.39 is 10.8 Å². The molecule has 136 valence electrons. The molecule has 0 saturated carbocycles. The zero-order valence-corrected chi connectivity index (χ0v) is 15.9. The fourth-order valence-electron chi connectivity index (χ4n) is 3.61. The second kappa shape index (κ2) is 6.79. The molecule has 1 aliphatic heterocycles. The number of benzene rings is 1. The van der Waals surface area contributed by atoms with Crippen molar-refractivity contribution in [3.8, 4) is 11.4 Å². The maximum absolute atomic E-state index is 12.6. The van der Waals surface area contributed by atoms with Gasteiger partial charge in [0.2, 0.25) is 0 Å². The molecule has 6 nitrogen and oxygen atoms in total. The maximum Gasteiger partial charge on any atom is 0.185 e. The molecule has 4 rings (SSSR count). The van der Waals surface area contributed by atoms with Crippen LogP contribution in [-0.2, 0) is 10.8 Å². The lowest BCUT2D eigenvalue weighted by molar-refractivity contribution is 0.493. The Bertz CT molecular complexity index is 936. The van der Waals surface area contributed by atoms with E-state index in [1.807, 2.05) is 42.5 Å². The second-order valence-corrected chi connectivity index (χ2v) is 8.68. The van der Waals surface area contributed by atoms with E-state index in [9.17, 15) is 4.21 Å². The molecule has 0 radical (unpaired) electrons. The first-order valence-corrected chi connectivity index (χ1v) is 10.4. The lowest BCUT2D eigenvalue weighted by Gasteiger charge is -2.41. The van der Waals surface area contributed by atoms with Crippen molar-refractivity contribution in [1.82, 2.24) is 19.8 Å². The van der Waals surface area contributed by atoms with Crippen molar-refractivity contribution in [3.63, 3.8) is 0 Å². The van der Waals surface area contributed by atoms with Crippen LogP contribution < -0.4 is 4.90 Å². The molecule has 1 aromatic carbocycles. The van der Waals surface area contributed by atoms with Gasteiger partial charge in [0.15, 0.2) is 11.5 Å². The molecule has 3 aromatic rings. The summed E-state index contributed by atoms with van der Waals surface area (Å²) in [6.07, 6.45) is 1.83. The van der Waals surface area contributed by atoms with E-state index in [4.69, 9.17) is 5.10 Å². The number of hydrogen-bond donors (Lipinski definition) is 0. The summed E-state index contributed by atoms with van der Waals surface area (Å²) >= 11 is 0. The minimum atomic E-state index is -0.785. The first-order chi connectivity index (χ1) is 12.7. The first kappa shape index (κ1) is 17.1. The van der Waals surface area contributed by atoms with Crippen molar-refractivity contribution >= 4 is 22.3 Å². The van der Waals surface area contributed by atoms with E-state index in [1.165, 1.54) is 0 Å². The molecule has 1 aliphatic rings. The van der Waals surface area contributed by atoms with Crippen LogP contribution in [0.15, 0.2) is 42.5 Å². The summed E-state index contributed by atoms with van der Waals surface area (Å²) in [5.74, 6) is 2.31. The predicted octanol–water partition coefficient (Wildman–Crippen LogP) is 2.92. The average molecular weight is 369 g/mol. The highest BCUT2D eigenvalue weighted by atomic mass is 32.2. The predicted molar refractivity (Wildman–Crippen MR) is 105 cm³/mol. The van der Waals surface area contributed by atoms with Gasteiger partial charge in [-0.15, -0.1) is 15.3 Å². The molecule has 26 heavy (non-hydrogen) atoms. The number of hydrogen-bond acceptors (Lipinski definition) is 5.